The third-order valence-corrected chi connectivity index (χ3v) is 7.11. The molecule has 1 fully saturated rings. The average molecular weight is 402 g/mol. The van der Waals surface area contributed by atoms with Gasteiger partial charge >= 0.3 is 0 Å². The SMILES string of the molecule is CN(C)S(=O)(=O)N1CCC(C(=O)NC(c2ccccc2)c2ccccc2)CC1. The topological polar surface area (TPSA) is 69.7 Å². The van der Waals surface area contributed by atoms with Crippen molar-refractivity contribution in [3.8, 4) is 0 Å². The Bertz CT molecular complexity index is 838. The van der Waals surface area contributed by atoms with Gasteiger partial charge in [0.1, 0.15) is 0 Å². The van der Waals surface area contributed by atoms with Crippen molar-refractivity contribution in [1.82, 2.24) is 13.9 Å². The van der Waals surface area contributed by atoms with Crippen LogP contribution in [-0.4, -0.2) is 50.1 Å². The van der Waals surface area contributed by atoms with E-state index in [1.54, 1.807) is 0 Å². The molecule has 150 valence electrons. The van der Waals surface area contributed by atoms with Gasteiger partial charge in [0.05, 0.1) is 6.04 Å². The molecule has 1 amide bonds. The van der Waals surface area contributed by atoms with Crippen LogP contribution in [-0.2, 0) is 15.0 Å². The number of rotatable bonds is 6. The van der Waals surface area contributed by atoms with Gasteiger partial charge in [0.15, 0.2) is 0 Å². The van der Waals surface area contributed by atoms with Crippen molar-refractivity contribution >= 4 is 16.1 Å². The van der Waals surface area contributed by atoms with Crippen LogP contribution in [0.15, 0.2) is 60.7 Å². The Labute approximate surface area is 167 Å². The summed E-state index contributed by atoms with van der Waals surface area (Å²) in [5.41, 5.74) is 2.05. The first-order chi connectivity index (χ1) is 13.4. The Kier molecular flexibility index (Phi) is 6.49. The van der Waals surface area contributed by atoms with Crippen LogP contribution in [0, 0.1) is 5.92 Å². The van der Waals surface area contributed by atoms with Crippen LogP contribution in [0.25, 0.3) is 0 Å². The van der Waals surface area contributed by atoms with Crippen molar-refractivity contribution in [3.05, 3.63) is 71.8 Å². The minimum Gasteiger partial charge on any atom is -0.345 e. The molecule has 1 saturated heterocycles. The Morgan fingerprint density at radius 3 is 1.86 bits per heavy atom. The van der Waals surface area contributed by atoms with E-state index in [1.165, 1.54) is 22.7 Å². The van der Waals surface area contributed by atoms with Gasteiger partial charge < -0.3 is 5.32 Å². The molecule has 28 heavy (non-hydrogen) atoms. The number of carbonyl (C=O) groups is 1. The molecular formula is C21H27N3O3S. The molecule has 3 rings (SSSR count). The highest BCUT2D eigenvalue weighted by Crippen LogP contribution is 2.25. The molecule has 0 aliphatic carbocycles. The van der Waals surface area contributed by atoms with E-state index in [0.29, 0.717) is 25.9 Å². The maximum Gasteiger partial charge on any atom is 0.281 e. The first-order valence-electron chi connectivity index (χ1n) is 9.47. The zero-order chi connectivity index (χ0) is 20.1. The van der Waals surface area contributed by atoms with Crippen LogP contribution in [0.3, 0.4) is 0 Å². The lowest BCUT2D eigenvalue weighted by atomic mass is 9.94. The summed E-state index contributed by atoms with van der Waals surface area (Å²) in [6, 6.07) is 19.5. The zero-order valence-electron chi connectivity index (χ0n) is 16.3. The van der Waals surface area contributed by atoms with Crippen LogP contribution in [0.4, 0.5) is 0 Å². The molecule has 0 radical (unpaired) electrons. The summed E-state index contributed by atoms with van der Waals surface area (Å²) < 4.78 is 27.2. The number of hydrogen-bond acceptors (Lipinski definition) is 3. The van der Waals surface area contributed by atoms with Crippen molar-refractivity contribution in [3.63, 3.8) is 0 Å². The molecule has 7 heteroatoms. The van der Waals surface area contributed by atoms with Crippen LogP contribution in [0.5, 0.6) is 0 Å². The highest BCUT2D eigenvalue weighted by molar-refractivity contribution is 7.86. The van der Waals surface area contributed by atoms with Gasteiger partial charge in [-0.2, -0.15) is 17.0 Å². The molecule has 1 aliphatic heterocycles. The molecule has 0 aromatic heterocycles. The molecule has 0 spiro atoms. The first-order valence-corrected chi connectivity index (χ1v) is 10.9. The summed E-state index contributed by atoms with van der Waals surface area (Å²) in [5.74, 6) is -0.219. The first kappa shape index (κ1) is 20.5. The van der Waals surface area contributed by atoms with Crippen molar-refractivity contribution < 1.29 is 13.2 Å². The van der Waals surface area contributed by atoms with Crippen LogP contribution in [0.1, 0.15) is 30.0 Å². The molecule has 0 saturated carbocycles. The van der Waals surface area contributed by atoms with Crippen LogP contribution in [0.2, 0.25) is 0 Å². The Morgan fingerprint density at radius 2 is 1.43 bits per heavy atom. The van der Waals surface area contributed by atoms with Gasteiger partial charge in [0, 0.05) is 33.1 Å². The molecule has 1 N–H and O–H groups in total. The van der Waals surface area contributed by atoms with Crippen LogP contribution >= 0.6 is 0 Å². The quantitative estimate of drug-likeness (QED) is 0.808. The highest BCUT2D eigenvalue weighted by atomic mass is 32.2. The fourth-order valence-corrected chi connectivity index (χ4v) is 4.62. The summed E-state index contributed by atoms with van der Waals surface area (Å²) in [6.45, 7) is 0.722. The van der Waals surface area contributed by atoms with Crippen molar-refractivity contribution in [2.24, 2.45) is 5.92 Å². The molecule has 1 aliphatic rings. The van der Waals surface area contributed by atoms with Crippen molar-refractivity contribution in [2.45, 2.75) is 18.9 Å². The van der Waals surface area contributed by atoms with E-state index in [-0.39, 0.29) is 17.9 Å². The number of benzene rings is 2. The zero-order valence-corrected chi connectivity index (χ0v) is 17.1. The van der Waals surface area contributed by atoms with Gasteiger partial charge in [-0.25, -0.2) is 0 Å². The number of amides is 1. The predicted molar refractivity (Wildman–Crippen MR) is 110 cm³/mol. The fourth-order valence-electron chi connectivity index (χ4n) is 3.49. The van der Waals surface area contributed by atoms with E-state index in [4.69, 9.17) is 0 Å². The molecule has 0 unspecified atom stereocenters. The van der Waals surface area contributed by atoms with Crippen LogP contribution < -0.4 is 5.32 Å². The maximum absolute atomic E-state index is 13.0. The standard InChI is InChI=1S/C21H27N3O3S/c1-23(2)28(26,27)24-15-13-19(14-16-24)21(25)22-20(17-9-5-3-6-10-17)18-11-7-4-8-12-18/h3-12,19-20H,13-16H2,1-2H3,(H,22,25). The number of hydrogen-bond donors (Lipinski definition) is 1. The van der Waals surface area contributed by atoms with E-state index in [1.807, 2.05) is 60.7 Å². The lowest BCUT2D eigenvalue weighted by Gasteiger charge is -2.33. The lowest BCUT2D eigenvalue weighted by Crippen LogP contribution is -2.47. The van der Waals surface area contributed by atoms with Gasteiger partial charge in [0.25, 0.3) is 10.2 Å². The second-order valence-corrected chi connectivity index (χ2v) is 9.37. The molecule has 1 heterocycles. The number of carbonyl (C=O) groups excluding carboxylic acids is 1. The molecule has 6 nitrogen and oxygen atoms in total. The summed E-state index contributed by atoms with van der Waals surface area (Å²) >= 11 is 0. The lowest BCUT2D eigenvalue weighted by molar-refractivity contribution is -0.126. The van der Waals surface area contributed by atoms with Gasteiger partial charge in [0.2, 0.25) is 5.91 Å². The van der Waals surface area contributed by atoms with E-state index in [9.17, 15) is 13.2 Å². The van der Waals surface area contributed by atoms with Crippen molar-refractivity contribution in [2.75, 3.05) is 27.2 Å². The number of piperidine rings is 1. The molecule has 0 bridgehead atoms. The highest BCUT2D eigenvalue weighted by Gasteiger charge is 2.33. The van der Waals surface area contributed by atoms with Gasteiger partial charge in [-0.1, -0.05) is 60.7 Å². The van der Waals surface area contributed by atoms with E-state index >= 15 is 0 Å². The molecule has 2 aromatic rings. The van der Waals surface area contributed by atoms with Crippen molar-refractivity contribution in [1.29, 1.82) is 0 Å². The third-order valence-electron chi connectivity index (χ3n) is 5.16. The molecule has 0 atom stereocenters. The fraction of sp³-hybridized carbons (Fsp3) is 0.381. The largest absolute Gasteiger partial charge is 0.345 e. The minimum absolute atomic E-state index is 0.0281. The summed E-state index contributed by atoms with van der Waals surface area (Å²) in [6.07, 6.45) is 1.05. The van der Waals surface area contributed by atoms with E-state index < -0.39 is 10.2 Å². The smallest absolute Gasteiger partial charge is 0.281 e. The van der Waals surface area contributed by atoms with Gasteiger partial charge in [-0.3, -0.25) is 4.79 Å². The summed E-state index contributed by atoms with van der Waals surface area (Å²) in [5, 5.41) is 3.18. The minimum atomic E-state index is -3.42. The van der Waals surface area contributed by atoms with E-state index in [0.717, 1.165) is 11.1 Å². The summed E-state index contributed by atoms with van der Waals surface area (Å²) in [4.78, 5) is 13.0. The third kappa shape index (κ3) is 4.60. The Morgan fingerprint density at radius 1 is 0.964 bits per heavy atom. The average Bonchev–Trinajstić information content (AvgIpc) is 2.73. The van der Waals surface area contributed by atoms with E-state index in [2.05, 4.69) is 5.32 Å². The predicted octanol–water partition coefficient (Wildman–Crippen LogP) is 2.41. The molecular weight excluding hydrogens is 374 g/mol. The van der Waals surface area contributed by atoms with Gasteiger partial charge in [-0.05, 0) is 24.0 Å². The second-order valence-electron chi connectivity index (χ2n) is 7.23. The normalized spacial score (nSPS) is 16.4. The number of nitrogens with zero attached hydrogens (tertiary/aromatic N) is 2. The van der Waals surface area contributed by atoms with Gasteiger partial charge in [-0.15, -0.1) is 0 Å². The monoisotopic (exact) mass is 401 g/mol. The Balaban J connectivity index is 1.70. The number of nitrogens with one attached hydrogen (secondary N) is 1. The maximum atomic E-state index is 13.0. The molecule has 2 aromatic carbocycles. The Hall–Kier alpha value is -2.22. The second kappa shape index (κ2) is 8.86. The summed E-state index contributed by atoms with van der Waals surface area (Å²) in [7, 11) is -0.371.